The van der Waals surface area contributed by atoms with E-state index in [1.807, 2.05) is 11.3 Å². The van der Waals surface area contributed by atoms with E-state index in [1.165, 1.54) is 21.6 Å². The molecule has 0 saturated carbocycles. The predicted molar refractivity (Wildman–Crippen MR) is 74.1 cm³/mol. The van der Waals surface area contributed by atoms with Gasteiger partial charge in [-0.1, -0.05) is 6.92 Å². The second kappa shape index (κ2) is 5.63. The summed E-state index contributed by atoms with van der Waals surface area (Å²) >= 11 is 5.40. The average molecular weight is 303 g/mol. The summed E-state index contributed by atoms with van der Waals surface area (Å²) in [5, 5.41) is 3.36. The van der Waals surface area contributed by atoms with Gasteiger partial charge in [0.05, 0.1) is 3.79 Å². The lowest BCUT2D eigenvalue weighted by molar-refractivity contribution is 0.104. The van der Waals surface area contributed by atoms with Gasteiger partial charge in [-0.2, -0.15) is 0 Å². The summed E-state index contributed by atoms with van der Waals surface area (Å²) in [6.45, 7) is 8.08. The SMILES string of the molecule is CCCN(C1CNC1)C(C)c1ccc(Br)s1. The van der Waals surface area contributed by atoms with E-state index < -0.39 is 0 Å². The Labute approximate surface area is 110 Å². The van der Waals surface area contributed by atoms with Gasteiger partial charge >= 0.3 is 0 Å². The molecule has 0 radical (unpaired) electrons. The Morgan fingerprint density at radius 2 is 2.31 bits per heavy atom. The molecule has 1 fully saturated rings. The fourth-order valence-electron chi connectivity index (χ4n) is 2.17. The van der Waals surface area contributed by atoms with Gasteiger partial charge in [-0.05, 0) is 48.0 Å². The molecule has 0 spiro atoms. The van der Waals surface area contributed by atoms with Gasteiger partial charge < -0.3 is 5.32 Å². The lowest BCUT2D eigenvalue weighted by Crippen LogP contribution is -2.57. The Hall–Kier alpha value is 0.1000. The van der Waals surface area contributed by atoms with Crippen LogP contribution in [0.25, 0.3) is 0 Å². The van der Waals surface area contributed by atoms with E-state index in [2.05, 4.69) is 52.1 Å². The molecule has 2 nitrogen and oxygen atoms in total. The first kappa shape index (κ1) is 12.6. The van der Waals surface area contributed by atoms with Crippen LogP contribution in [-0.2, 0) is 0 Å². The first-order valence-electron chi connectivity index (χ1n) is 5.94. The van der Waals surface area contributed by atoms with Crippen molar-refractivity contribution in [2.75, 3.05) is 19.6 Å². The average Bonchev–Trinajstić information content (AvgIpc) is 2.60. The zero-order chi connectivity index (χ0) is 11.5. The predicted octanol–water partition coefficient (Wildman–Crippen LogP) is 3.26. The Kier molecular flexibility index (Phi) is 4.41. The van der Waals surface area contributed by atoms with E-state index in [0.29, 0.717) is 6.04 Å². The summed E-state index contributed by atoms with van der Waals surface area (Å²) in [7, 11) is 0. The number of nitrogens with zero attached hydrogens (tertiary/aromatic N) is 1. The first-order chi connectivity index (χ1) is 7.72. The number of thiophene rings is 1. The minimum absolute atomic E-state index is 0.545. The lowest BCUT2D eigenvalue weighted by atomic mass is 10.1. The largest absolute Gasteiger partial charge is 0.314 e. The first-order valence-corrected chi connectivity index (χ1v) is 7.55. The maximum Gasteiger partial charge on any atom is 0.0701 e. The number of halogens is 1. The highest BCUT2D eigenvalue weighted by molar-refractivity contribution is 9.11. The van der Waals surface area contributed by atoms with Gasteiger partial charge in [0, 0.05) is 30.1 Å². The molecule has 1 aliphatic heterocycles. The molecule has 0 amide bonds. The molecule has 1 aromatic heterocycles. The smallest absolute Gasteiger partial charge is 0.0701 e. The highest BCUT2D eigenvalue weighted by Gasteiger charge is 2.28. The van der Waals surface area contributed by atoms with Crippen molar-refractivity contribution in [3.63, 3.8) is 0 Å². The molecule has 1 aromatic rings. The lowest BCUT2D eigenvalue weighted by Gasteiger charge is -2.41. The molecule has 2 rings (SSSR count). The fraction of sp³-hybridized carbons (Fsp3) is 0.667. The van der Waals surface area contributed by atoms with Crippen LogP contribution >= 0.6 is 27.3 Å². The minimum atomic E-state index is 0.545. The van der Waals surface area contributed by atoms with Crippen LogP contribution in [0.1, 0.15) is 31.2 Å². The Morgan fingerprint density at radius 3 is 2.75 bits per heavy atom. The van der Waals surface area contributed by atoms with E-state index in [9.17, 15) is 0 Å². The maximum atomic E-state index is 3.54. The van der Waals surface area contributed by atoms with E-state index in [0.717, 1.165) is 19.1 Å². The standard InChI is InChI=1S/C12H19BrN2S/c1-3-6-15(10-7-14-8-10)9(2)11-4-5-12(13)16-11/h4-5,9-10,14H,3,6-8H2,1-2H3. The van der Waals surface area contributed by atoms with Crippen molar-refractivity contribution < 1.29 is 0 Å². The van der Waals surface area contributed by atoms with Crippen LogP contribution in [0.3, 0.4) is 0 Å². The quantitative estimate of drug-likeness (QED) is 0.898. The van der Waals surface area contributed by atoms with Crippen LogP contribution in [0.4, 0.5) is 0 Å². The summed E-state index contributed by atoms with van der Waals surface area (Å²) in [5.41, 5.74) is 0. The van der Waals surface area contributed by atoms with Crippen molar-refractivity contribution in [3.8, 4) is 0 Å². The van der Waals surface area contributed by atoms with Crippen molar-refractivity contribution in [2.24, 2.45) is 0 Å². The summed E-state index contributed by atoms with van der Waals surface area (Å²) in [6, 6.07) is 5.67. The molecular weight excluding hydrogens is 284 g/mol. The fourth-order valence-corrected chi connectivity index (χ4v) is 3.67. The van der Waals surface area contributed by atoms with Gasteiger partial charge in [-0.3, -0.25) is 4.90 Å². The van der Waals surface area contributed by atoms with Crippen molar-refractivity contribution >= 4 is 27.3 Å². The van der Waals surface area contributed by atoms with Crippen LogP contribution < -0.4 is 5.32 Å². The van der Waals surface area contributed by atoms with E-state index in [-0.39, 0.29) is 0 Å². The second-order valence-electron chi connectivity index (χ2n) is 4.37. The molecule has 1 aliphatic rings. The van der Waals surface area contributed by atoms with Crippen molar-refractivity contribution in [3.05, 3.63) is 20.8 Å². The molecule has 0 aliphatic carbocycles. The van der Waals surface area contributed by atoms with Crippen LogP contribution in [0.2, 0.25) is 0 Å². The molecular formula is C12H19BrN2S. The van der Waals surface area contributed by atoms with Crippen LogP contribution in [0, 0.1) is 0 Å². The van der Waals surface area contributed by atoms with Crippen molar-refractivity contribution in [2.45, 2.75) is 32.4 Å². The van der Waals surface area contributed by atoms with Gasteiger partial charge in [-0.15, -0.1) is 11.3 Å². The molecule has 4 heteroatoms. The molecule has 1 saturated heterocycles. The molecule has 0 bridgehead atoms. The number of nitrogens with one attached hydrogen (secondary N) is 1. The highest BCUT2D eigenvalue weighted by atomic mass is 79.9. The number of rotatable bonds is 5. The molecule has 1 N–H and O–H groups in total. The monoisotopic (exact) mass is 302 g/mol. The van der Waals surface area contributed by atoms with E-state index >= 15 is 0 Å². The molecule has 90 valence electrons. The third-order valence-corrected chi connectivity index (χ3v) is 5.01. The summed E-state index contributed by atoms with van der Waals surface area (Å²) in [5.74, 6) is 0. The van der Waals surface area contributed by atoms with Gasteiger partial charge in [0.1, 0.15) is 0 Å². The number of hydrogen-bond acceptors (Lipinski definition) is 3. The third kappa shape index (κ3) is 2.67. The van der Waals surface area contributed by atoms with Crippen molar-refractivity contribution in [1.29, 1.82) is 0 Å². The maximum absolute atomic E-state index is 3.54. The zero-order valence-electron chi connectivity index (χ0n) is 9.87. The Balaban J connectivity index is 2.06. The Morgan fingerprint density at radius 1 is 1.56 bits per heavy atom. The van der Waals surface area contributed by atoms with E-state index in [1.54, 1.807) is 0 Å². The summed E-state index contributed by atoms with van der Waals surface area (Å²) < 4.78 is 1.23. The molecule has 1 atom stereocenters. The second-order valence-corrected chi connectivity index (χ2v) is 6.86. The van der Waals surface area contributed by atoms with Gasteiger partial charge in [0.15, 0.2) is 0 Å². The van der Waals surface area contributed by atoms with Gasteiger partial charge in [0.25, 0.3) is 0 Å². The minimum Gasteiger partial charge on any atom is -0.314 e. The number of hydrogen-bond donors (Lipinski definition) is 1. The molecule has 1 unspecified atom stereocenters. The highest BCUT2D eigenvalue weighted by Crippen LogP contribution is 2.32. The van der Waals surface area contributed by atoms with Gasteiger partial charge in [0.2, 0.25) is 0 Å². The van der Waals surface area contributed by atoms with Crippen LogP contribution in [0.5, 0.6) is 0 Å². The third-order valence-electron chi connectivity index (χ3n) is 3.21. The van der Waals surface area contributed by atoms with Crippen molar-refractivity contribution in [1.82, 2.24) is 10.2 Å². The van der Waals surface area contributed by atoms with Crippen LogP contribution in [0.15, 0.2) is 15.9 Å². The Bertz CT molecular complexity index is 336. The van der Waals surface area contributed by atoms with Crippen LogP contribution in [-0.4, -0.2) is 30.6 Å². The zero-order valence-corrected chi connectivity index (χ0v) is 12.3. The van der Waals surface area contributed by atoms with Gasteiger partial charge in [-0.25, -0.2) is 0 Å². The molecule has 16 heavy (non-hydrogen) atoms. The summed E-state index contributed by atoms with van der Waals surface area (Å²) in [6.07, 6.45) is 1.23. The summed E-state index contributed by atoms with van der Waals surface area (Å²) in [4.78, 5) is 4.10. The normalized spacial score (nSPS) is 18.8. The molecule has 0 aromatic carbocycles. The topological polar surface area (TPSA) is 15.3 Å². The molecule has 2 heterocycles. The van der Waals surface area contributed by atoms with E-state index in [4.69, 9.17) is 0 Å².